The van der Waals surface area contributed by atoms with Crippen LogP contribution in [-0.2, 0) is 0 Å². The number of benzene rings is 3. The van der Waals surface area contributed by atoms with Crippen LogP contribution in [0.4, 0.5) is 0 Å². The first-order valence-electron chi connectivity index (χ1n) is 12.8. The van der Waals surface area contributed by atoms with Gasteiger partial charge in [-0.25, -0.2) is 0 Å². The van der Waals surface area contributed by atoms with Gasteiger partial charge in [0.25, 0.3) is 5.91 Å². The minimum Gasteiger partial charge on any atom is -0.455 e. The van der Waals surface area contributed by atoms with Gasteiger partial charge < -0.3 is 14.6 Å². The number of hydrogen-bond donors (Lipinski definition) is 1. The molecule has 4 aromatic rings. The lowest BCUT2D eigenvalue weighted by molar-refractivity contribution is 0.0951. The second kappa shape index (κ2) is 10.9. The second-order valence-corrected chi connectivity index (χ2v) is 9.57. The molecule has 1 saturated heterocycles. The summed E-state index contributed by atoms with van der Waals surface area (Å²) in [6.45, 7) is 5.48. The molecule has 1 N–H and O–H groups in total. The number of amides is 1. The van der Waals surface area contributed by atoms with Crippen molar-refractivity contribution >= 4 is 16.9 Å². The van der Waals surface area contributed by atoms with Gasteiger partial charge in [0.05, 0.1) is 10.9 Å². The summed E-state index contributed by atoms with van der Waals surface area (Å²) in [5.41, 5.74) is 3.43. The van der Waals surface area contributed by atoms with Gasteiger partial charge >= 0.3 is 0 Å². The number of nitrogens with one attached hydrogen (secondary N) is 1. The Hall–Kier alpha value is -3.70. The number of likely N-dealkylation sites (tertiary alicyclic amines) is 1. The number of nitrogens with zero attached hydrogens (tertiary/aromatic N) is 1. The highest BCUT2D eigenvalue weighted by Gasteiger charge is 2.21. The fraction of sp³-hybridized carbons (Fsp3) is 0.290. The van der Waals surface area contributed by atoms with Crippen molar-refractivity contribution in [1.82, 2.24) is 10.2 Å². The average molecular weight is 481 g/mol. The third kappa shape index (κ3) is 5.12. The number of rotatable bonds is 7. The Kier molecular flexibility index (Phi) is 7.28. The van der Waals surface area contributed by atoms with E-state index in [4.69, 9.17) is 4.42 Å². The van der Waals surface area contributed by atoms with Crippen LogP contribution in [0, 0.1) is 6.92 Å². The molecule has 5 heteroatoms. The molecule has 0 bridgehead atoms. The summed E-state index contributed by atoms with van der Waals surface area (Å²) in [5, 5.41) is 3.46. The van der Waals surface area contributed by atoms with Crippen LogP contribution in [0.25, 0.3) is 22.3 Å². The average Bonchev–Trinajstić information content (AvgIpc) is 2.94. The topological polar surface area (TPSA) is 62.6 Å². The van der Waals surface area contributed by atoms with Gasteiger partial charge in [0.2, 0.25) is 0 Å². The lowest BCUT2D eigenvalue weighted by Gasteiger charge is -2.32. The molecule has 2 heterocycles. The number of hydrogen-bond acceptors (Lipinski definition) is 4. The Bertz CT molecular complexity index is 1390. The number of carbonyl (C=O) groups excluding carboxylic acids is 1. The van der Waals surface area contributed by atoms with Crippen LogP contribution in [0.5, 0.6) is 0 Å². The van der Waals surface area contributed by atoms with E-state index >= 15 is 0 Å². The van der Waals surface area contributed by atoms with Gasteiger partial charge in [-0.15, -0.1) is 0 Å². The first-order chi connectivity index (χ1) is 17.6. The zero-order chi connectivity index (χ0) is 24.9. The molecule has 184 valence electrons. The zero-order valence-corrected chi connectivity index (χ0v) is 20.7. The highest BCUT2D eigenvalue weighted by molar-refractivity contribution is 6.05. The van der Waals surface area contributed by atoms with Crippen molar-refractivity contribution in [2.45, 2.75) is 32.1 Å². The Morgan fingerprint density at radius 3 is 2.36 bits per heavy atom. The van der Waals surface area contributed by atoms with Gasteiger partial charge in [0.1, 0.15) is 5.76 Å². The largest absolute Gasteiger partial charge is 0.455 e. The lowest BCUT2D eigenvalue weighted by Crippen LogP contribution is -2.35. The molecule has 1 aliphatic heterocycles. The molecule has 36 heavy (non-hydrogen) atoms. The molecule has 1 aliphatic rings. The summed E-state index contributed by atoms with van der Waals surface area (Å²) in [6, 6.07) is 25.5. The summed E-state index contributed by atoms with van der Waals surface area (Å²) in [5.74, 6) is 0.939. The SMILES string of the molecule is Cc1c(-c2ccccc2)oc2c(C(=O)NCCCN3CCC(c4ccccc4)CC3)cccc2c1=O. The second-order valence-electron chi connectivity index (χ2n) is 9.57. The van der Waals surface area contributed by atoms with E-state index in [2.05, 4.69) is 40.5 Å². The van der Waals surface area contributed by atoms with Crippen LogP contribution in [0.3, 0.4) is 0 Å². The van der Waals surface area contributed by atoms with Crippen LogP contribution >= 0.6 is 0 Å². The lowest BCUT2D eigenvalue weighted by atomic mass is 9.89. The van der Waals surface area contributed by atoms with Gasteiger partial charge in [-0.3, -0.25) is 9.59 Å². The van der Waals surface area contributed by atoms with Gasteiger partial charge in [-0.1, -0.05) is 66.7 Å². The third-order valence-electron chi connectivity index (χ3n) is 7.22. The fourth-order valence-electron chi connectivity index (χ4n) is 5.17. The van der Waals surface area contributed by atoms with Crippen molar-refractivity contribution in [1.29, 1.82) is 0 Å². The molecule has 5 nitrogen and oxygen atoms in total. The molecular weight excluding hydrogens is 448 g/mol. The van der Waals surface area contributed by atoms with E-state index in [1.807, 2.05) is 30.3 Å². The molecule has 0 spiro atoms. The van der Waals surface area contributed by atoms with Gasteiger partial charge in [-0.2, -0.15) is 0 Å². The van der Waals surface area contributed by atoms with E-state index in [0.717, 1.165) is 31.6 Å². The molecule has 5 rings (SSSR count). The smallest absolute Gasteiger partial charge is 0.255 e. The minimum atomic E-state index is -0.214. The Balaban J connectivity index is 1.21. The number of fused-ring (bicyclic) bond motifs is 1. The predicted molar refractivity (Wildman–Crippen MR) is 144 cm³/mol. The maximum atomic E-state index is 13.1. The molecule has 0 radical (unpaired) electrons. The summed E-state index contributed by atoms with van der Waals surface area (Å²) < 4.78 is 6.19. The molecule has 0 atom stereocenters. The molecule has 1 amide bonds. The van der Waals surface area contributed by atoms with Crippen molar-refractivity contribution in [2.75, 3.05) is 26.2 Å². The normalized spacial score (nSPS) is 14.7. The molecule has 1 aromatic heterocycles. The first kappa shape index (κ1) is 24.0. The predicted octanol–water partition coefficient (Wildman–Crippen LogP) is 5.77. The zero-order valence-electron chi connectivity index (χ0n) is 20.7. The van der Waals surface area contributed by atoms with Crippen LogP contribution in [0.1, 0.15) is 46.7 Å². The quantitative estimate of drug-likeness (QED) is 0.341. The molecule has 1 fully saturated rings. The van der Waals surface area contributed by atoms with Crippen LogP contribution in [-0.4, -0.2) is 37.0 Å². The van der Waals surface area contributed by atoms with E-state index in [1.54, 1.807) is 25.1 Å². The molecule has 0 saturated carbocycles. The van der Waals surface area contributed by atoms with Crippen molar-refractivity contribution in [3.05, 3.63) is 106 Å². The summed E-state index contributed by atoms with van der Waals surface area (Å²) in [4.78, 5) is 28.6. The van der Waals surface area contributed by atoms with Gasteiger partial charge in [0, 0.05) is 17.7 Å². The van der Waals surface area contributed by atoms with Crippen LogP contribution < -0.4 is 10.7 Å². The third-order valence-corrected chi connectivity index (χ3v) is 7.22. The fourth-order valence-corrected chi connectivity index (χ4v) is 5.17. The highest BCUT2D eigenvalue weighted by Crippen LogP contribution is 2.28. The first-order valence-corrected chi connectivity index (χ1v) is 12.8. The van der Waals surface area contributed by atoms with Crippen LogP contribution in [0.2, 0.25) is 0 Å². The van der Waals surface area contributed by atoms with E-state index in [0.29, 0.717) is 40.3 Å². The maximum absolute atomic E-state index is 13.1. The Morgan fingerprint density at radius 2 is 1.64 bits per heavy atom. The van der Waals surface area contributed by atoms with Crippen molar-refractivity contribution in [3.63, 3.8) is 0 Å². The maximum Gasteiger partial charge on any atom is 0.255 e. The molecule has 0 aliphatic carbocycles. The van der Waals surface area contributed by atoms with E-state index < -0.39 is 0 Å². The number of carbonyl (C=O) groups is 1. The Morgan fingerprint density at radius 1 is 0.944 bits per heavy atom. The summed E-state index contributed by atoms with van der Waals surface area (Å²) >= 11 is 0. The van der Waals surface area contributed by atoms with Crippen LogP contribution in [0.15, 0.2) is 88.1 Å². The number of para-hydroxylation sites is 1. The van der Waals surface area contributed by atoms with E-state index in [1.165, 1.54) is 18.4 Å². The number of piperidine rings is 1. The van der Waals surface area contributed by atoms with Crippen molar-refractivity contribution < 1.29 is 9.21 Å². The summed E-state index contributed by atoms with van der Waals surface area (Å²) in [6.07, 6.45) is 3.23. The van der Waals surface area contributed by atoms with Crippen molar-refractivity contribution in [2.24, 2.45) is 0 Å². The van der Waals surface area contributed by atoms with Crippen molar-refractivity contribution in [3.8, 4) is 11.3 Å². The highest BCUT2D eigenvalue weighted by atomic mass is 16.3. The minimum absolute atomic E-state index is 0.108. The monoisotopic (exact) mass is 480 g/mol. The molecule has 0 unspecified atom stereocenters. The van der Waals surface area contributed by atoms with Gasteiger partial charge in [0.15, 0.2) is 11.0 Å². The van der Waals surface area contributed by atoms with Gasteiger partial charge in [-0.05, 0) is 69.4 Å². The standard InChI is InChI=1S/C31H32N2O3/c1-22-28(34)26-14-8-15-27(30(26)36-29(22)25-12-6-3-7-13-25)31(35)32-18-9-19-33-20-16-24(17-21-33)23-10-4-2-5-11-23/h2-8,10-15,24H,9,16-21H2,1H3,(H,32,35). The summed E-state index contributed by atoms with van der Waals surface area (Å²) in [7, 11) is 0. The van der Waals surface area contributed by atoms with E-state index in [-0.39, 0.29) is 11.3 Å². The molecular formula is C31H32N2O3. The Labute approximate surface area is 211 Å². The van der Waals surface area contributed by atoms with E-state index in [9.17, 15) is 9.59 Å². The molecule has 3 aromatic carbocycles.